The quantitative estimate of drug-likeness (QED) is 0.684. The molecule has 4 rings (SSSR count). The number of benzene rings is 3. The van der Waals surface area contributed by atoms with E-state index < -0.39 is 5.82 Å². The van der Waals surface area contributed by atoms with Gasteiger partial charge in [0.1, 0.15) is 28.9 Å². The Kier molecular flexibility index (Phi) is 4.45. The summed E-state index contributed by atoms with van der Waals surface area (Å²) in [5.41, 5.74) is 1.86. The second-order valence-corrected chi connectivity index (χ2v) is 6.18. The van der Waals surface area contributed by atoms with Crippen molar-refractivity contribution in [2.75, 3.05) is 4.90 Å². The van der Waals surface area contributed by atoms with E-state index in [-0.39, 0.29) is 23.2 Å². The highest BCUT2D eigenvalue weighted by molar-refractivity contribution is 6.33. The fourth-order valence-electron chi connectivity index (χ4n) is 2.87. The second-order valence-electron chi connectivity index (χ2n) is 6.18. The molecule has 28 heavy (non-hydrogen) atoms. The molecule has 1 heterocycles. The summed E-state index contributed by atoms with van der Waals surface area (Å²) in [4.78, 5) is 18.9. The van der Waals surface area contributed by atoms with Crippen molar-refractivity contribution in [1.82, 2.24) is 0 Å². The summed E-state index contributed by atoms with van der Waals surface area (Å²) in [6, 6.07) is 17.5. The molecule has 4 nitrogen and oxygen atoms in total. The molecule has 0 bridgehead atoms. The highest BCUT2D eigenvalue weighted by Crippen LogP contribution is 2.29. The Bertz CT molecular complexity index is 1090. The van der Waals surface area contributed by atoms with E-state index in [0.717, 1.165) is 0 Å². The molecule has 1 aliphatic heterocycles. The fourth-order valence-corrected chi connectivity index (χ4v) is 2.87. The van der Waals surface area contributed by atoms with E-state index in [4.69, 9.17) is 0 Å². The van der Waals surface area contributed by atoms with Crippen LogP contribution in [0.15, 0.2) is 83.5 Å². The van der Waals surface area contributed by atoms with E-state index in [2.05, 4.69) is 4.99 Å². The molecule has 1 aliphatic rings. The summed E-state index contributed by atoms with van der Waals surface area (Å²) in [6.45, 7) is 0. The molecule has 1 N–H and O–H groups in total. The molecule has 0 atom stereocenters. The van der Waals surface area contributed by atoms with Gasteiger partial charge in [-0.1, -0.05) is 12.1 Å². The third-order valence-corrected chi connectivity index (χ3v) is 4.24. The van der Waals surface area contributed by atoms with Gasteiger partial charge >= 0.3 is 0 Å². The summed E-state index contributed by atoms with van der Waals surface area (Å²) in [5, 5.41) is 9.53. The van der Waals surface area contributed by atoms with Crippen LogP contribution in [0, 0.1) is 11.6 Å². The topological polar surface area (TPSA) is 52.9 Å². The third kappa shape index (κ3) is 3.40. The Labute approximate surface area is 159 Å². The number of aliphatic imine (C=N–C) groups is 1. The monoisotopic (exact) mass is 376 g/mol. The number of hydrogen-bond donors (Lipinski definition) is 1. The lowest BCUT2D eigenvalue weighted by Gasteiger charge is -2.18. The van der Waals surface area contributed by atoms with Crippen molar-refractivity contribution in [3.05, 3.63) is 101 Å². The Morgan fingerprint density at radius 1 is 0.821 bits per heavy atom. The van der Waals surface area contributed by atoms with Gasteiger partial charge in [-0.2, -0.15) is 0 Å². The molecule has 0 saturated carbocycles. The first-order chi connectivity index (χ1) is 13.5. The van der Waals surface area contributed by atoms with Crippen LogP contribution in [0.25, 0.3) is 6.08 Å². The van der Waals surface area contributed by atoms with Gasteiger partial charge in [-0.15, -0.1) is 0 Å². The van der Waals surface area contributed by atoms with Crippen molar-refractivity contribution in [3.8, 4) is 5.75 Å². The van der Waals surface area contributed by atoms with Gasteiger partial charge in [-0.05, 0) is 72.3 Å². The number of phenols is 1. The van der Waals surface area contributed by atoms with Crippen LogP contribution in [-0.4, -0.2) is 16.8 Å². The molecule has 0 unspecified atom stereocenters. The van der Waals surface area contributed by atoms with Gasteiger partial charge in [0.2, 0.25) is 0 Å². The van der Waals surface area contributed by atoms with E-state index in [1.54, 1.807) is 30.3 Å². The van der Waals surface area contributed by atoms with Crippen LogP contribution in [0.2, 0.25) is 0 Å². The summed E-state index contributed by atoms with van der Waals surface area (Å²) in [7, 11) is 0. The average molecular weight is 376 g/mol. The standard InChI is InChI=1S/C22H14F2N2O2/c23-16-5-1-14(2-6-16)13-20-22(28)26(18-9-11-19(27)12-10-18)21(25-20)15-3-7-17(24)8-4-15/h1-13,27H/b20-13+. The normalized spacial score (nSPS) is 15.2. The van der Waals surface area contributed by atoms with Crippen molar-refractivity contribution >= 4 is 23.5 Å². The highest BCUT2D eigenvalue weighted by atomic mass is 19.1. The number of carbonyl (C=O) groups is 1. The lowest BCUT2D eigenvalue weighted by atomic mass is 10.1. The number of nitrogens with zero attached hydrogens (tertiary/aromatic N) is 2. The van der Waals surface area contributed by atoms with Crippen molar-refractivity contribution < 1.29 is 18.7 Å². The molecule has 3 aromatic carbocycles. The number of amidine groups is 1. The number of rotatable bonds is 3. The second kappa shape index (κ2) is 7.08. The molecule has 0 aromatic heterocycles. The molecular weight excluding hydrogens is 362 g/mol. The van der Waals surface area contributed by atoms with Crippen LogP contribution in [0.1, 0.15) is 11.1 Å². The number of carbonyl (C=O) groups excluding carboxylic acids is 1. The molecule has 0 spiro atoms. The number of hydrogen-bond acceptors (Lipinski definition) is 3. The van der Waals surface area contributed by atoms with Gasteiger partial charge in [0, 0.05) is 5.56 Å². The van der Waals surface area contributed by atoms with E-state index >= 15 is 0 Å². The minimum absolute atomic E-state index is 0.0674. The largest absolute Gasteiger partial charge is 0.508 e. The average Bonchev–Trinajstić information content (AvgIpc) is 3.01. The Morgan fingerprint density at radius 3 is 2.00 bits per heavy atom. The minimum atomic E-state index is -0.396. The zero-order chi connectivity index (χ0) is 19.7. The van der Waals surface area contributed by atoms with Crippen LogP contribution >= 0.6 is 0 Å². The zero-order valence-corrected chi connectivity index (χ0v) is 14.5. The lowest BCUT2D eigenvalue weighted by molar-refractivity contribution is -0.113. The van der Waals surface area contributed by atoms with Crippen molar-refractivity contribution in [1.29, 1.82) is 0 Å². The summed E-state index contributed by atoms with van der Waals surface area (Å²) in [5.74, 6) is -0.746. The number of phenolic OH excluding ortho intramolecular Hbond substituents is 1. The first-order valence-electron chi connectivity index (χ1n) is 8.47. The zero-order valence-electron chi connectivity index (χ0n) is 14.5. The van der Waals surface area contributed by atoms with Crippen molar-refractivity contribution in [3.63, 3.8) is 0 Å². The summed E-state index contributed by atoms with van der Waals surface area (Å²) in [6.07, 6.45) is 1.56. The molecule has 6 heteroatoms. The van der Waals surface area contributed by atoms with Gasteiger partial charge in [0.25, 0.3) is 5.91 Å². The van der Waals surface area contributed by atoms with E-state index in [9.17, 15) is 18.7 Å². The highest BCUT2D eigenvalue weighted by Gasteiger charge is 2.32. The van der Waals surface area contributed by atoms with Gasteiger partial charge < -0.3 is 5.11 Å². The Morgan fingerprint density at radius 2 is 1.39 bits per heavy atom. The smallest absolute Gasteiger partial charge is 0.282 e. The van der Waals surface area contributed by atoms with Crippen LogP contribution in [0.4, 0.5) is 14.5 Å². The number of amides is 1. The third-order valence-electron chi connectivity index (χ3n) is 4.24. The Hall–Kier alpha value is -3.80. The lowest BCUT2D eigenvalue weighted by Crippen LogP contribution is -2.32. The molecular formula is C22H14F2N2O2. The Balaban J connectivity index is 1.81. The molecule has 0 aliphatic carbocycles. The van der Waals surface area contributed by atoms with Gasteiger partial charge in [-0.3, -0.25) is 9.69 Å². The number of anilines is 1. The first-order valence-corrected chi connectivity index (χ1v) is 8.47. The van der Waals surface area contributed by atoms with Crippen molar-refractivity contribution in [2.24, 2.45) is 4.99 Å². The first kappa shape index (κ1) is 17.6. The fraction of sp³-hybridized carbons (Fsp3) is 0. The molecule has 3 aromatic rings. The summed E-state index contributed by atoms with van der Waals surface area (Å²) >= 11 is 0. The molecule has 0 fully saturated rings. The van der Waals surface area contributed by atoms with Crippen LogP contribution in [0.5, 0.6) is 5.75 Å². The minimum Gasteiger partial charge on any atom is -0.508 e. The van der Waals surface area contributed by atoms with Gasteiger partial charge in [0.15, 0.2) is 0 Å². The predicted octanol–water partition coefficient (Wildman–Crippen LogP) is 4.50. The van der Waals surface area contributed by atoms with E-state index in [1.807, 2.05) is 0 Å². The van der Waals surface area contributed by atoms with Crippen molar-refractivity contribution in [2.45, 2.75) is 0 Å². The molecule has 0 radical (unpaired) electrons. The van der Waals surface area contributed by atoms with E-state index in [0.29, 0.717) is 22.6 Å². The SMILES string of the molecule is O=C1/C(=C\c2ccc(F)cc2)N=C(c2ccc(F)cc2)N1c1ccc(O)cc1. The van der Waals surface area contributed by atoms with E-state index in [1.165, 1.54) is 53.4 Å². The maximum Gasteiger partial charge on any atom is 0.282 e. The van der Waals surface area contributed by atoms with Gasteiger partial charge in [0.05, 0.1) is 5.69 Å². The predicted molar refractivity (Wildman–Crippen MR) is 103 cm³/mol. The number of halogens is 2. The van der Waals surface area contributed by atoms with Gasteiger partial charge in [-0.25, -0.2) is 13.8 Å². The van der Waals surface area contributed by atoms with Crippen LogP contribution in [-0.2, 0) is 4.79 Å². The number of aromatic hydroxyl groups is 1. The molecule has 0 saturated heterocycles. The summed E-state index contributed by atoms with van der Waals surface area (Å²) < 4.78 is 26.5. The van der Waals surface area contributed by atoms with Crippen LogP contribution in [0.3, 0.4) is 0 Å². The van der Waals surface area contributed by atoms with Crippen LogP contribution < -0.4 is 4.90 Å². The molecule has 1 amide bonds. The maximum atomic E-state index is 13.3. The maximum absolute atomic E-state index is 13.3. The molecule has 138 valence electrons.